The predicted octanol–water partition coefficient (Wildman–Crippen LogP) is 4.27. The van der Waals surface area contributed by atoms with Crippen LogP contribution in [0.3, 0.4) is 0 Å². The number of sulfonamides is 1. The first-order valence-corrected chi connectivity index (χ1v) is 12.0. The first-order valence-electron chi connectivity index (χ1n) is 10.5. The smallest absolute Gasteiger partial charge is 0.338 e. The minimum Gasteiger partial charge on any atom is -0.489 e. The van der Waals surface area contributed by atoms with E-state index in [2.05, 4.69) is 4.72 Å². The summed E-state index contributed by atoms with van der Waals surface area (Å²) in [6.07, 6.45) is 1.07. The molecular weight excluding hydrogens is 445 g/mol. The van der Waals surface area contributed by atoms with E-state index in [1.807, 2.05) is 19.1 Å². The molecule has 8 heteroatoms. The van der Waals surface area contributed by atoms with Gasteiger partial charge in [-0.25, -0.2) is 22.3 Å². The van der Waals surface area contributed by atoms with Crippen molar-refractivity contribution in [3.8, 4) is 5.75 Å². The molecule has 3 rings (SSSR count). The van der Waals surface area contributed by atoms with Crippen LogP contribution in [0.4, 0.5) is 4.39 Å². The normalized spacial score (nSPS) is 11.2. The van der Waals surface area contributed by atoms with E-state index in [0.717, 1.165) is 16.7 Å². The lowest BCUT2D eigenvalue weighted by Gasteiger charge is -2.11. The quantitative estimate of drug-likeness (QED) is 0.447. The maximum atomic E-state index is 13.0. The summed E-state index contributed by atoms with van der Waals surface area (Å²) in [6, 6.07) is 17.9. The van der Waals surface area contributed by atoms with Crippen molar-refractivity contribution in [3.05, 3.63) is 94.8 Å². The van der Waals surface area contributed by atoms with Crippen LogP contribution < -0.4 is 9.46 Å². The zero-order valence-corrected chi connectivity index (χ0v) is 19.3. The van der Waals surface area contributed by atoms with Gasteiger partial charge in [0.1, 0.15) is 18.2 Å². The number of aryl methyl sites for hydroxylation is 1. The van der Waals surface area contributed by atoms with Gasteiger partial charge in [0.05, 0.1) is 17.6 Å². The Bertz CT molecular complexity index is 1190. The van der Waals surface area contributed by atoms with E-state index in [1.165, 1.54) is 31.4 Å². The Morgan fingerprint density at radius 3 is 2.27 bits per heavy atom. The topological polar surface area (TPSA) is 81.7 Å². The van der Waals surface area contributed by atoms with E-state index in [0.29, 0.717) is 25.2 Å². The summed E-state index contributed by atoms with van der Waals surface area (Å²) in [5.41, 5.74) is 2.77. The van der Waals surface area contributed by atoms with Crippen molar-refractivity contribution in [2.24, 2.45) is 0 Å². The molecule has 0 aromatic heterocycles. The summed E-state index contributed by atoms with van der Waals surface area (Å²) < 4.78 is 51.3. The number of ether oxygens (including phenoxy) is 2. The molecule has 0 bridgehead atoms. The minimum atomic E-state index is -3.78. The van der Waals surface area contributed by atoms with Gasteiger partial charge in [0.25, 0.3) is 0 Å². The van der Waals surface area contributed by atoms with Crippen molar-refractivity contribution in [1.82, 2.24) is 4.72 Å². The molecule has 3 aromatic rings. The first kappa shape index (κ1) is 24.4. The number of rotatable bonds is 10. The molecule has 0 fully saturated rings. The number of hydrogen-bond acceptors (Lipinski definition) is 5. The van der Waals surface area contributed by atoms with E-state index < -0.39 is 16.0 Å². The third kappa shape index (κ3) is 6.63. The highest BCUT2D eigenvalue weighted by Crippen LogP contribution is 2.18. The zero-order chi connectivity index (χ0) is 23.8. The molecule has 0 saturated heterocycles. The van der Waals surface area contributed by atoms with E-state index in [9.17, 15) is 17.6 Å². The lowest BCUT2D eigenvalue weighted by atomic mass is 10.1. The SMILES string of the molecule is CCc1ccc(S(=O)(=O)NCCc2ccc(OCc3ccc(F)cc3)cc2)cc1C(=O)OC. The number of nitrogens with one attached hydrogen (secondary N) is 1. The third-order valence-electron chi connectivity index (χ3n) is 5.13. The Balaban J connectivity index is 1.56. The van der Waals surface area contributed by atoms with Gasteiger partial charge in [-0.05, 0) is 65.9 Å². The predicted molar refractivity (Wildman–Crippen MR) is 123 cm³/mol. The number of esters is 1. The van der Waals surface area contributed by atoms with Gasteiger partial charge in [0.2, 0.25) is 10.0 Å². The fourth-order valence-electron chi connectivity index (χ4n) is 3.24. The number of carbonyl (C=O) groups excluding carboxylic acids is 1. The molecule has 0 aliphatic carbocycles. The molecule has 1 N–H and O–H groups in total. The molecule has 174 valence electrons. The van der Waals surface area contributed by atoms with Crippen molar-refractivity contribution in [2.45, 2.75) is 31.3 Å². The Morgan fingerprint density at radius 1 is 0.970 bits per heavy atom. The number of hydrogen-bond donors (Lipinski definition) is 1. The molecule has 0 atom stereocenters. The van der Waals surface area contributed by atoms with Crippen molar-refractivity contribution in [3.63, 3.8) is 0 Å². The van der Waals surface area contributed by atoms with Crippen LogP contribution in [0.25, 0.3) is 0 Å². The Labute approximate surface area is 193 Å². The van der Waals surface area contributed by atoms with E-state index in [-0.39, 0.29) is 22.8 Å². The number of halogens is 1. The largest absolute Gasteiger partial charge is 0.489 e. The number of carbonyl (C=O) groups is 1. The van der Waals surface area contributed by atoms with Crippen LogP contribution in [0, 0.1) is 5.82 Å². The molecule has 0 aliphatic rings. The highest BCUT2D eigenvalue weighted by Gasteiger charge is 2.19. The highest BCUT2D eigenvalue weighted by atomic mass is 32.2. The Hall–Kier alpha value is -3.23. The molecule has 0 heterocycles. The van der Waals surface area contributed by atoms with Gasteiger partial charge in [0, 0.05) is 6.54 Å². The summed E-state index contributed by atoms with van der Waals surface area (Å²) in [5, 5.41) is 0. The van der Waals surface area contributed by atoms with Gasteiger partial charge >= 0.3 is 5.97 Å². The van der Waals surface area contributed by atoms with Gasteiger partial charge in [-0.15, -0.1) is 0 Å². The first-order chi connectivity index (χ1) is 15.8. The Kier molecular flexibility index (Phi) is 8.19. The van der Waals surface area contributed by atoms with Crippen LogP contribution in [0.1, 0.15) is 34.0 Å². The summed E-state index contributed by atoms with van der Waals surface area (Å²) in [4.78, 5) is 12.0. The fraction of sp³-hybridized carbons (Fsp3) is 0.240. The minimum absolute atomic E-state index is 0.0182. The molecule has 33 heavy (non-hydrogen) atoms. The molecule has 0 saturated carbocycles. The van der Waals surface area contributed by atoms with Crippen LogP contribution in [-0.4, -0.2) is 28.0 Å². The maximum absolute atomic E-state index is 13.0. The van der Waals surface area contributed by atoms with Gasteiger partial charge < -0.3 is 9.47 Å². The molecule has 0 unspecified atom stereocenters. The number of methoxy groups -OCH3 is 1. The lowest BCUT2D eigenvalue weighted by Crippen LogP contribution is -2.26. The van der Waals surface area contributed by atoms with Crippen LogP contribution in [0.15, 0.2) is 71.6 Å². The molecule has 0 radical (unpaired) electrons. The van der Waals surface area contributed by atoms with Crippen LogP contribution in [0.2, 0.25) is 0 Å². The second kappa shape index (κ2) is 11.1. The average molecular weight is 472 g/mol. The summed E-state index contributed by atoms with van der Waals surface area (Å²) in [6.45, 7) is 2.40. The number of benzene rings is 3. The van der Waals surface area contributed by atoms with Crippen molar-refractivity contribution >= 4 is 16.0 Å². The molecule has 0 spiro atoms. The van der Waals surface area contributed by atoms with Gasteiger partial charge in [-0.1, -0.05) is 37.3 Å². The van der Waals surface area contributed by atoms with E-state index >= 15 is 0 Å². The van der Waals surface area contributed by atoms with Crippen LogP contribution in [-0.2, 0) is 34.2 Å². The van der Waals surface area contributed by atoms with Crippen molar-refractivity contribution < 1.29 is 27.1 Å². The monoisotopic (exact) mass is 471 g/mol. The highest BCUT2D eigenvalue weighted by molar-refractivity contribution is 7.89. The van der Waals surface area contributed by atoms with Gasteiger partial charge in [-0.2, -0.15) is 0 Å². The second-order valence-electron chi connectivity index (χ2n) is 7.37. The van der Waals surface area contributed by atoms with Gasteiger partial charge in [-0.3, -0.25) is 0 Å². The summed E-state index contributed by atoms with van der Waals surface area (Å²) in [7, 11) is -2.52. The molecule has 3 aromatic carbocycles. The van der Waals surface area contributed by atoms with Crippen molar-refractivity contribution in [1.29, 1.82) is 0 Å². The molecule has 0 aliphatic heterocycles. The van der Waals surface area contributed by atoms with Crippen molar-refractivity contribution in [2.75, 3.05) is 13.7 Å². The lowest BCUT2D eigenvalue weighted by molar-refractivity contribution is 0.0599. The summed E-state index contributed by atoms with van der Waals surface area (Å²) in [5.74, 6) is -0.193. The fourth-order valence-corrected chi connectivity index (χ4v) is 4.30. The molecular formula is C25H26FNO5S. The molecule has 0 amide bonds. The second-order valence-corrected chi connectivity index (χ2v) is 9.14. The maximum Gasteiger partial charge on any atom is 0.338 e. The standard InChI is InChI=1S/C25H26FNO5S/c1-3-20-8-13-23(16-24(20)25(28)31-2)33(29,30)27-15-14-18-6-11-22(12-7-18)32-17-19-4-9-21(26)10-5-19/h4-13,16,27H,3,14-15,17H2,1-2H3. The third-order valence-corrected chi connectivity index (χ3v) is 6.58. The Morgan fingerprint density at radius 2 is 1.64 bits per heavy atom. The van der Waals surface area contributed by atoms with Gasteiger partial charge in [0.15, 0.2) is 0 Å². The summed E-state index contributed by atoms with van der Waals surface area (Å²) >= 11 is 0. The van der Waals surface area contributed by atoms with Crippen LogP contribution >= 0.6 is 0 Å². The molecule has 6 nitrogen and oxygen atoms in total. The van der Waals surface area contributed by atoms with E-state index in [1.54, 1.807) is 30.3 Å². The van der Waals surface area contributed by atoms with Crippen LogP contribution in [0.5, 0.6) is 5.75 Å². The average Bonchev–Trinajstić information content (AvgIpc) is 2.83. The zero-order valence-electron chi connectivity index (χ0n) is 18.5. The van der Waals surface area contributed by atoms with E-state index in [4.69, 9.17) is 9.47 Å².